The molecule has 3 nitrogen and oxygen atoms in total. The van der Waals surface area contributed by atoms with Crippen LogP contribution in [0.2, 0.25) is 10.0 Å². The Labute approximate surface area is 159 Å². The second kappa shape index (κ2) is 7.91. The van der Waals surface area contributed by atoms with Crippen molar-refractivity contribution in [3.8, 4) is 0 Å². The molecule has 25 heavy (non-hydrogen) atoms. The Balaban J connectivity index is 1.72. The van der Waals surface area contributed by atoms with E-state index in [1.807, 2.05) is 18.2 Å². The van der Waals surface area contributed by atoms with E-state index in [9.17, 15) is 9.59 Å². The van der Waals surface area contributed by atoms with E-state index in [2.05, 4.69) is 0 Å². The van der Waals surface area contributed by atoms with Crippen LogP contribution in [0.1, 0.15) is 11.1 Å². The van der Waals surface area contributed by atoms with Crippen LogP contribution in [-0.2, 0) is 11.3 Å². The molecule has 6 heteroatoms. The lowest BCUT2D eigenvalue weighted by molar-refractivity contribution is -0.123. The van der Waals surface area contributed by atoms with Gasteiger partial charge in [-0.2, -0.15) is 0 Å². The molecule has 1 aliphatic heterocycles. The fourth-order valence-electron chi connectivity index (χ4n) is 2.27. The van der Waals surface area contributed by atoms with Gasteiger partial charge in [-0.25, -0.2) is 0 Å². The quantitative estimate of drug-likeness (QED) is 0.621. The van der Waals surface area contributed by atoms with E-state index < -0.39 is 0 Å². The highest BCUT2D eigenvalue weighted by molar-refractivity contribution is 8.18. The topological polar surface area (TPSA) is 37.4 Å². The standard InChI is InChI=1S/C19H13Cl2NO2S/c20-15-10-8-13(9-11-15)12-22-18(23)17(25-19(22)24)7-3-5-14-4-1-2-6-16(14)21/h1-11H,12H2/b5-3+,17-7-. The number of carbonyl (C=O) groups excluding carboxylic acids is 2. The van der Waals surface area contributed by atoms with Gasteiger partial charge in [0, 0.05) is 10.0 Å². The molecule has 2 amide bonds. The number of thioether (sulfide) groups is 1. The minimum atomic E-state index is -0.297. The van der Waals surface area contributed by atoms with Gasteiger partial charge in [0.15, 0.2) is 0 Å². The number of nitrogens with zero attached hydrogens (tertiary/aromatic N) is 1. The Morgan fingerprint density at radius 3 is 2.44 bits per heavy atom. The van der Waals surface area contributed by atoms with Gasteiger partial charge in [-0.05, 0) is 47.2 Å². The zero-order valence-electron chi connectivity index (χ0n) is 13.0. The van der Waals surface area contributed by atoms with E-state index in [0.717, 1.165) is 22.9 Å². The fourth-order valence-corrected chi connectivity index (χ4v) is 3.39. The predicted molar refractivity (Wildman–Crippen MR) is 104 cm³/mol. The van der Waals surface area contributed by atoms with Gasteiger partial charge in [-0.1, -0.05) is 65.7 Å². The van der Waals surface area contributed by atoms with Crippen molar-refractivity contribution in [3.05, 3.63) is 86.8 Å². The molecule has 0 atom stereocenters. The number of rotatable bonds is 4. The summed E-state index contributed by atoms with van der Waals surface area (Å²) < 4.78 is 0. The maximum absolute atomic E-state index is 12.4. The van der Waals surface area contributed by atoms with Crippen molar-refractivity contribution in [1.82, 2.24) is 4.90 Å². The highest BCUT2D eigenvalue weighted by Gasteiger charge is 2.34. The number of carbonyl (C=O) groups is 2. The van der Waals surface area contributed by atoms with Gasteiger partial charge < -0.3 is 0 Å². The van der Waals surface area contributed by atoms with Crippen molar-refractivity contribution in [3.63, 3.8) is 0 Å². The Hall–Kier alpha value is -2.01. The summed E-state index contributed by atoms with van der Waals surface area (Å²) in [6.45, 7) is 0.230. The molecule has 0 unspecified atom stereocenters. The highest BCUT2D eigenvalue weighted by Crippen LogP contribution is 2.32. The van der Waals surface area contributed by atoms with Gasteiger partial charge in [-0.3, -0.25) is 14.5 Å². The first-order chi connectivity index (χ1) is 12.0. The Morgan fingerprint density at radius 2 is 1.72 bits per heavy atom. The van der Waals surface area contributed by atoms with E-state index in [1.165, 1.54) is 4.90 Å². The lowest BCUT2D eigenvalue weighted by Gasteiger charge is -2.12. The summed E-state index contributed by atoms with van der Waals surface area (Å²) in [5.41, 5.74) is 1.69. The first-order valence-electron chi connectivity index (χ1n) is 7.45. The lowest BCUT2D eigenvalue weighted by atomic mass is 10.2. The minimum Gasteiger partial charge on any atom is -0.268 e. The van der Waals surface area contributed by atoms with Crippen LogP contribution in [-0.4, -0.2) is 16.0 Å². The molecule has 1 aliphatic rings. The van der Waals surface area contributed by atoms with Gasteiger partial charge in [0.1, 0.15) is 0 Å². The van der Waals surface area contributed by atoms with E-state index >= 15 is 0 Å². The molecule has 2 aromatic carbocycles. The molecule has 1 saturated heterocycles. The molecule has 126 valence electrons. The molecular formula is C19H13Cl2NO2S. The van der Waals surface area contributed by atoms with Crippen LogP contribution in [0, 0.1) is 0 Å². The summed E-state index contributed by atoms with van der Waals surface area (Å²) in [4.78, 5) is 26.2. The molecule has 0 saturated carbocycles. The zero-order chi connectivity index (χ0) is 17.8. The first kappa shape index (κ1) is 17.8. The summed E-state index contributed by atoms with van der Waals surface area (Å²) in [6.07, 6.45) is 5.16. The lowest BCUT2D eigenvalue weighted by Crippen LogP contribution is -2.27. The fraction of sp³-hybridized carbons (Fsp3) is 0.0526. The third-order valence-electron chi connectivity index (χ3n) is 3.56. The number of benzene rings is 2. The molecule has 2 aromatic rings. The van der Waals surface area contributed by atoms with Gasteiger partial charge in [0.25, 0.3) is 11.1 Å². The maximum atomic E-state index is 12.4. The smallest absolute Gasteiger partial charge is 0.268 e. The third-order valence-corrected chi connectivity index (χ3v) is 5.08. The second-order valence-corrected chi connectivity index (χ2v) is 7.13. The predicted octanol–water partition coefficient (Wildman–Crippen LogP) is 5.79. The van der Waals surface area contributed by atoms with Crippen LogP contribution in [0.5, 0.6) is 0 Å². The molecule has 1 heterocycles. The third kappa shape index (κ3) is 4.34. The number of allylic oxidation sites excluding steroid dienone is 2. The van der Waals surface area contributed by atoms with E-state index in [1.54, 1.807) is 48.6 Å². The molecule has 0 aliphatic carbocycles. The summed E-state index contributed by atoms with van der Waals surface area (Å²) in [5.74, 6) is -0.297. The molecule has 1 fully saturated rings. The van der Waals surface area contributed by atoms with Crippen molar-refractivity contribution in [1.29, 1.82) is 0 Å². The largest absolute Gasteiger partial charge is 0.293 e. The summed E-state index contributed by atoms with van der Waals surface area (Å²) in [5, 5.41) is 0.961. The van der Waals surface area contributed by atoms with Crippen LogP contribution in [0.3, 0.4) is 0 Å². The number of hydrogen-bond donors (Lipinski definition) is 0. The molecule has 0 radical (unpaired) electrons. The molecule has 0 N–H and O–H groups in total. The van der Waals surface area contributed by atoms with Gasteiger partial charge in [0.05, 0.1) is 11.4 Å². The number of amides is 2. The number of imide groups is 1. The van der Waals surface area contributed by atoms with Crippen LogP contribution in [0.15, 0.2) is 65.6 Å². The van der Waals surface area contributed by atoms with Crippen molar-refractivity contribution in [2.45, 2.75) is 6.54 Å². The van der Waals surface area contributed by atoms with E-state index in [4.69, 9.17) is 23.2 Å². The SMILES string of the molecule is O=C1S/C(=C\C=C\c2ccccc2Cl)C(=O)N1Cc1ccc(Cl)cc1. The summed E-state index contributed by atoms with van der Waals surface area (Å²) >= 11 is 12.9. The zero-order valence-corrected chi connectivity index (χ0v) is 15.3. The first-order valence-corrected chi connectivity index (χ1v) is 9.03. The molecular weight excluding hydrogens is 377 g/mol. The Kier molecular flexibility index (Phi) is 5.63. The number of hydrogen-bond acceptors (Lipinski definition) is 3. The van der Waals surface area contributed by atoms with Crippen molar-refractivity contribution in [2.24, 2.45) is 0 Å². The van der Waals surface area contributed by atoms with Crippen LogP contribution in [0.25, 0.3) is 6.08 Å². The molecule has 0 aromatic heterocycles. The molecule has 0 spiro atoms. The van der Waals surface area contributed by atoms with Gasteiger partial charge in [0.2, 0.25) is 0 Å². The Bertz CT molecular complexity index is 875. The monoisotopic (exact) mass is 389 g/mol. The van der Waals surface area contributed by atoms with Crippen LogP contribution in [0.4, 0.5) is 4.79 Å². The van der Waals surface area contributed by atoms with Gasteiger partial charge in [-0.15, -0.1) is 0 Å². The average Bonchev–Trinajstić information content (AvgIpc) is 2.86. The van der Waals surface area contributed by atoms with Crippen LogP contribution >= 0.6 is 35.0 Å². The minimum absolute atomic E-state index is 0.230. The Morgan fingerprint density at radius 1 is 1.00 bits per heavy atom. The highest BCUT2D eigenvalue weighted by atomic mass is 35.5. The average molecular weight is 390 g/mol. The van der Waals surface area contributed by atoms with Gasteiger partial charge >= 0.3 is 0 Å². The normalized spacial score (nSPS) is 16.4. The summed E-state index contributed by atoms with van der Waals surface area (Å²) in [7, 11) is 0. The number of halogens is 2. The van der Waals surface area contributed by atoms with Crippen molar-refractivity contribution >= 4 is 52.2 Å². The molecule has 0 bridgehead atoms. The van der Waals surface area contributed by atoms with Crippen molar-refractivity contribution in [2.75, 3.05) is 0 Å². The van der Waals surface area contributed by atoms with E-state index in [0.29, 0.717) is 15.0 Å². The maximum Gasteiger partial charge on any atom is 0.293 e. The summed E-state index contributed by atoms with van der Waals surface area (Å²) in [6, 6.07) is 14.5. The second-order valence-electron chi connectivity index (χ2n) is 5.30. The van der Waals surface area contributed by atoms with Crippen LogP contribution < -0.4 is 0 Å². The molecule has 3 rings (SSSR count). The van der Waals surface area contributed by atoms with Crippen molar-refractivity contribution < 1.29 is 9.59 Å². The van der Waals surface area contributed by atoms with E-state index in [-0.39, 0.29) is 17.7 Å².